The summed E-state index contributed by atoms with van der Waals surface area (Å²) < 4.78 is 30.9. The number of likely N-dealkylation sites (tertiary alicyclic amines) is 1. The maximum absolute atomic E-state index is 13.7. The molecule has 2 fully saturated rings. The second-order valence-electron chi connectivity index (χ2n) is 9.04. The standard InChI is InChI=1S/C26H24ClFN2O7/c27-18-6-4-17(5-7-18)21(34-20-3-1-2-19(28)16-20)10-13-29-14-11-26(12-15-29)24-30(25(33)36-26)37-23(32)9-8-22(31)35-24/h1-9,16,21,24H,10-15H2/b9-8+/t21-,24?/m0/s1. The second kappa shape index (κ2) is 10.4. The van der Waals surface area contributed by atoms with Crippen LogP contribution in [-0.2, 0) is 23.9 Å². The zero-order chi connectivity index (χ0) is 26.0. The van der Waals surface area contributed by atoms with E-state index in [0.29, 0.717) is 54.7 Å². The lowest BCUT2D eigenvalue weighted by molar-refractivity contribution is -0.222. The molecular weight excluding hydrogens is 507 g/mol. The Morgan fingerprint density at radius 3 is 2.51 bits per heavy atom. The summed E-state index contributed by atoms with van der Waals surface area (Å²) in [6, 6.07) is 13.3. The SMILES string of the molecule is O=C1/C=C/C(=O)ON2C(=O)OC3(CCN(CC[C@H](Oc4cccc(F)c4)c4ccc(Cl)cc4)CC3)C2O1. The topological polar surface area (TPSA) is 94.6 Å². The number of halogens is 2. The van der Waals surface area contributed by atoms with Crippen molar-refractivity contribution in [1.29, 1.82) is 0 Å². The Bertz CT molecular complexity index is 1210. The zero-order valence-corrected chi connectivity index (χ0v) is 20.4. The number of nitrogens with zero attached hydrogens (tertiary/aromatic N) is 2. The smallest absolute Gasteiger partial charge is 0.447 e. The summed E-state index contributed by atoms with van der Waals surface area (Å²) in [6.45, 7) is 1.71. The zero-order valence-electron chi connectivity index (χ0n) is 19.7. The molecule has 0 radical (unpaired) electrons. The first-order valence-corrected chi connectivity index (χ1v) is 12.2. The van der Waals surface area contributed by atoms with Gasteiger partial charge < -0.3 is 23.9 Å². The second-order valence-corrected chi connectivity index (χ2v) is 9.47. The molecule has 37 heavy (non-hydrogen) atoms. The molecule has 2 saturated heterocycles. The minimum atomic E-state index is -1.17. The van der Waals surface area contributed by atoms with Crippen LogP contribution in [0.4, 0.5) is 9.18 Å². The Morgan fingerprint density at radius 1 is 1.05 bits per heavy atom. The van der Waals surface area contributed by atoms with Gasteiger partial charge in [-0.05, 0) is 29.8 Å². The van der Waals surface area contributed by atoms with E-state index >= 15 is 0 Å². The highest BCUT2D eigenvalue weighted by molar-refractivity contribution is 6.30. The van der Waals surface area contributed by atoms with Gasteiger partial charge in [-0.2, -0.15) is 0 Å². The highest BCUT2D eigenvalue weighted by Gasteiger charge is 2.59. The molecule has 194 valence electrons. The summed E-state index contributed by atoms with van der Waals surface area (Å²) in [5, 5.41) is 1.30. The van der Waals surface area contributed by atoms with E-state index < -0.39 is 29.9 Å². The van der Waals surface area contributed by atoms with Crippen molar-refractivity contribution >= 4 is 29.6 Å². The van der Waals surface area contributed by atoms with Gasteiger partial charge in [-0.15, -0.1) is 0 Å². The fraction of sp³-hybridized carbons (Fsp3) is 0.346. The largest absolute Gasteiger partial charge is 0.486 e. The van der Waals surface area contributed by atoms with Crippen LogP contribution in [0, 0.1) is 5.82 Å². The molecule has 1 amide bonds. The van der Waals surface area contributed by atoms with Crippen LogP contribution in [0.3, 0.4) is 0 Å². The maximum atomic E-state index is 13.7. The van der Waals surface area contributed by atoms with Gasteiger partial charge in [0, 0.05) is 62.1 Å². The lowest BCUT2D eigenvalue weighted by atomic mass is 9.89. The predicted octanol–water partition coefficient (Wildman–Crippen LogP) is 4.17. The molecule has 0 aromatic heterocycles. The minimum Gasteiger partial charge on any atom is -0.486 e. The van der Waals surface area contributed by atoms with Gasteiger partial charge in [0.15, 0.2) is 5.60 Å². The summed E-state index contributed by atoms with van der Waals surface area (Å²) in [4.78, 5) is 43.5. The summed E-state index contributed by atoms with van der Waals surface area (Å²) in [6.07, 6.45) is 0.784. The van der Waals surface area contributed by atoms with E-state index in [9.17, 15) is 18.8 Å². The first-order valence-electron chi connectivity index (χ1n) is 11.8. The normalized spacial score (nSPS) is 22.8. The number of rotatable bonds is 6. The molecule has 3 aliphatic rings. The van der Waals surface area contributed by atoms with Crippen molar-refractivity contribution in [2.45, 2.75) is 37.2 Å². The molecule has 0 saturated carbocycles. The highest BCUT2D eigenvalue weighted by atomic mass is 35.5. The summed E-state index contributed by atoms with van der Waals surface area (Å²) in [5.74, 6) is -1.58. The Hall–Kier alpha value is -3.63. The van der Waals surface area contributed by atoms with Gasteiger partial charge >= 0.3 is 18.0 Å². The molecule has 3 aliphatic heterocycles. The molecule has 0 N–H and O–H groups in total. The Kier molecular flexibility index (Phi) is 7.03. The molecule has 1 spiro atoms. The van der Waals surface area contributed by atoms with E-state index in [-0.39, 0.29) is 11.9 Å². The quantitative estimate of drug-likeness (QED) is 0.514. The number of benzene rings is 2. The molecular formula is C26H24ClFN2O7. The fourth-order valence-corrected chi connectivity index (χ4v) is 4.84. The lowest BCUT2D eigenvalue weighted by Gasteiger charge is -2.40. The van der Waals surface area contributed by atoms with Crippen molar-refractivity contribution < 1.29 is 37.8 Å². The van der Waals surface area contributed by atoms with Crippen LogP contribution in [0.25, 0.3) is 0 Å². The number of carbonyl (C=O) groups is 3. The lowest BCUT2D eigenvalue weighted by Crippen LogP contribution is -2.54. The number of piperidine rings is 1. The summed E-state index contributed by atoms with van der Waals surface area (Å²) in [7, 11) is 0. The van der Waals surface area contributed by atoms with Crippen LogP contribution in [-0.4, -0.2) is 59.5 Å². The van der Waals surface area contributed by atoms with Crippen LogP contribution >= 0.6 is 11.6 Å². The molecule has 0 aliphatic carbocycles. The molecule has 2 aromatic rings. The van der Waals surface area contributed by atoms with Crippen LogP contribution in [0.15, 0.2) is 60.7 Å². The average Bonchev–Trinajstić information content (AvgIpc) is 3.10. The molecule has 0 bridgehead atoms. The predicted molar refractivity (Wildman–Crippen MR) is 128 cm³/mol. The van der Waals surface area contributed by atoms with E-state index in [2.05, 4.69) is 4.90 Å². The van der Waals surface area contributed by atoms with Crippen LogP contribution in [0.1, 0.15) is 30.9 Å². The number of fused-ring (bicyclic) bond motifs is 2. The summed E-state index contributed by atoms with van der Waals surface area (Å²) >= 11 is 6.05. The third kappa shape index (κ3) is 5.55. The summed E-state index contributed by atoms with van der Waals surface area (Å²) in [5.41, 5.74) is -0.221. The molecule has 3 heterocycles. The number of hydrogen-bond donors (Lipinski definition) is 0. The van der Waals surface area contributed by atoms with Crippen molar-refractivity contribution in [3.05, 3.63) is 77.1 Å². The van der Waals surface area contributed by atoms with Crippen LogP contribution < -0.4 is 4.74 Å². The fourth-order valence-electron chi connectivity index (χ4n) is 4.71. The third-order valence-electron chi connectivity index (χ3n) is 6.63. The molecule has 2 atom stereocenters. The number of esters is 1. The van der Waals surface area contributed by atoms with E-state index in [1.807, 2.05) is 12.1 Å². The third-order valence-corrected chi connectivity index (χ3v) is 6.88. The van der Waals surface area contributed by atoms with E-state index in [0.717, 1.165) is 17.7 Å². The van der Waals surface area contributed by atoms with Gasteiger partial charge in [-0.25, -0.2) is 18.8 Å². The maximum Gasteiger partial charge on any atom is 0.447 e. The number of carbonyl (C=O) groups excluding carboxylic acids is 3. The van der Waals surface area contributed by atoms with Crippen molar-refractivity contribution in [1.82, 2.24) is 9.96 Å². The van der Waals surface area contributed by atoms with Gasteiger partial charge in [0.2, 0.25) is 0 Å². The van der Waals surface area contributed by atoms with Crippen molar-refractivity contribution in [3.63, 3.8) is 0 Å². The van der Waals surface area contributed by atoms with Crippen molar-refractivity contribution in [2.75, 3.05) is 19.6 Å². The molecule has 9 nitrogen and oxygen atoms in total. The number of hydroxylamine groups is 2. The van der Waals surface area contributed by atoms with Crippen LogP contribution in [0.2, 0.25) is 5.02 Å². The Balaban J connectivity index is 1.25. The molecule has 1 unspecified atom stereocenters. The van der Waals surface area contributed by atoms with Crippen LogP contribution in [0.5, 0.6) is 5.75 Å². The molecule has 2 aromatic carbocycles. The van der Waals surface area contributed by atoms with Gasteiger partial charge in [-0.3, -0.25) is 0 Å². The van der Waals surface area contributed by atoms with Gasteiger partial charge in [0.1, 0.15) is 17.7 Å². The van der Waals surface area contributed by atoms with Crippen molar-refractivity contribution in [2.24, 2.45) is 0 Å². The van der Waals surface area contributed by atoms with Gasteiger partial charge in [-0.1, -0.05) is 34.9 Å². The van der Waals surface area contributed by atoms with E-state index in [4.69, 9.17) is 30.6 Å². The monoisotopic (exact) mass is 530 g/mol. The number of amides is 1. The first kappa shape index (κ1) is 25.0. The Morgan fingerprint density at radius 2 is 1.78 bits per heavy atom. The first-order chi connectivity index (χ1) is 17.8. The van der Waals surface area contributed by atoms with E-state index in [1.54, 1.807) is 24.3 Å². The van der Waals surface area contributed by atoms with Gasteiger partial charge in [0.25, 0.3) is 6.23 Å². The van der Waals surface area contributed by atoms with E-state index in [1.165, 1.54) is 12.1 Å². The average molecular weight is 531 g/mol. The minimum absolute atomic E-state index is 0.354. The number of ether oxygens (including phenoxy) is 3. The molecule has 11 heteroatoms. The van der Waals surface area contributed by atoms with Gasteiger partial charge in [0.05, 0.1) is 0 Å². The molecule has 5 rings (SSSR count). The van der Waals surface area contributed by atoms with Crippen molar-refractivity contribution in [3.8, 4) is 5.75 Å². The number of hydrogen-bond acceptors (Lipinski definition) is 8. The highest BCUT2D eigenvalue weighted by Crippen LogP contribution is 2.40. The Labute approximate surface area is 217 Å².